The van der Waals surface area contributed by atoms with Gasteiger partial charge < -0.3 is 15.0 Å². The predicted octanol–water partition coefficient (Wildman–Crippen LogP) is 2.42. The van der Waals surface area contributed by atoms with Crippen LogP contribution in [0.4, 0.5) is 4.39 Å². The second-order valence-electron chi connectivity index (χ2n) is 6.04. The van der Waals surface area contributed by atoms with E-state index in [1.165, 1.54) is 19.1 Å². The van der Waals surface area contributed by atoms with Gasteiger partial charge in [0.05, 0.1) is 13.2 Å². The van der Waals surface area contributed by atoms with Crippen LogP contribution in [0.5, 0.6) is 0 Å². The zero-order valence-corrected chi connectivity index (χ0v) is 14.1. The van der Waals surface area contributed by atoms with Crippen molar-refractivity contribution in [3.63, 3.8) is 0 Å². The van der Waals surface area contributed by atoms with Crippen molar-refractivity contribution in [3.8, 4) is 0 Å². The molecule has 0 unspecified atom stereocenters. The number of hydrogen-bond donors (Lipinski definition) is 1. The van der Waals surface area contributed by atoms with Crippen LogP contribution in [0.25, 0.3) is 0 Å². The van der Waals surface area contributed by atoms with Crippen LogP contribution in [0, 0.1) is 5.82 Å². The van der Waals surface area contributed by atoms with Gasteiger partial charge in [0.2, 0.25) is 11.8 Å². The fourth-order valence-electron chi connectivity index (χ4n) is 2.76. The quantitative estimate of drug-likeness (QED) is 0.778. The molecule has 24 heavy (non-hydrogen) atoms. The maximum atomic E-state index is 13.0. The lowest BCUT2D eigenvalue weighted by Gasteiger charge is -2.33. The number of carbonyl (C=O) groups is 2. The fraction of sp³-hybridized carbons (Fsp3) is 0.556. The van der Waals surface area contributed by atoms with Crippen molar-refractivity contribution in [2.75, 3.05) is 26.2 Å². The van der Waals surface area contributed by atoms with E-state index in [1.54, 1.807) is 12.1 Å². The molecular formula is C18H25FN2O3. The van der Waals surface area contributed by atoms with E-state index in [0.29, 0.717) is 32.7 Å². The lowest BCUT2D eigenvalue weighted by Crippen LogP contribution is -2.42. The van der Waals surface area contributed by atoms with Crippen LogP contribution in [0.15, 0.2) is 24.3 Å². The highest BCUT2D eigenvalue weighted by Gasteiger charge is 2.24. The summed E-state index contributed by atoms with van der Waals surface area (Å²) in [6, 6.07) is 6.23. The maximum absolute atomic E-state index is 13.0. The van der Waals surface area contributed by atoms with E-state index in [0.717, 1.165) is 24.8 Å². The van der Waals surface area contributed by atoms with Gasteiger partial charge in [-0.05, 0) is 30.5 Å². The number of nitrogens with one attached hydrogen (secondary N) is 1. The van der Waals surface area contributed by atoms with E-state index in [1.807, 2.05) is 4.90 Å². The number of morpholine rings is 1. The molecule has 5 nitrogen and oxygen atoms in total. The maximum Gasteiger partial charge on any atom is 0.222 e. The Balaban J connectivity index is 1.72. The van der Waals surface area contributed by atoms with Crippen LogP contribution >= 0.6 is 0 Å². The Morgan fingerprint density at radius 2 is 2.00 bits per heavy atom. The van der Waals surface area contributed by atoms with E-state index in [4.69, 9.17) is 4.74 Å². The van der Waals surface area contributed by atoms with Crippen LogP contribution in [-0.2, 0) is 14.3 Å². The number of ether oxygens (including phenoxy) is 1. The number of hydrogen-bond acceptors (Lipinski definition) is 3. The van der Waals surface area contributed by atoms with E-state index >= 15 is 0 Å². The van der Waals surface area contributed by atoms with Gasteiger partial charge in [-0.15, -0.1) is 0 Å². The third-order valence-corrected chi connectivity index (χ3v) is 4.10. The Bertz CT molecular complexity index is 548. The molecule has 132 valence electrons. The molecule has 1 aliphatic rings. The first-order valence-corrected chi connectivity index (χ1v) is 8.45. The molecule has 2 amide bonds. The Labute approximate surface area is 142 Å². The van der Waals surface area contributed by atoms with Crippen molar-refractivity contribution in [3.05, 3.63) is 35.6 Å². The standard InChI is InChI=1S/C18H25FN2O3/c1-14(22)20-10-4-2-3-5-18(23)21-11-12-24-17(13-21)15-6-8-16(19)9-7-15/h6-9,17H,2-5,10-13H2,1H3,(H,20,22)/t17-/m0/s1. The van der Waals surface area contributed by atoms with Gasteiger partial charge >= 0.3 is 0 Å². The molecule has 1 heterocycles. The number of unbranched alkanes of at least 4 members (excludes halogenated alkanes) is 2. The molecule has 0 aliphatic carbocycles. The zero-order valence-electron chi connectivity index (χ0n) is 14.1. The van der Waals surface area contributed by atoms with Crippen molar-refractivity contribution in [2.45, 2.75) is 38.7 Å². The summed E-state index contributed by atoms with van der Waals surface area (Å²) in [4.78, 5) is 24.9. The average Bonchev–Trinajstić information content (AvgIpc) is 2.58. The Morgan fingerprint density at radius 1 is 1.25 bits per heavy atom. The molecule has 2 rings (SSSR count). The summed E-state index contributed by atoms with van der Waals surface area (Å²) in [5.41, 5.74) is 0.893. The summed E-state index contributed by atoms with van der Waals surface area (Å²) < 4.78 is 18.7. The van der Waals surface area contributed by atoms with Gasteiger partial charge in [0.1, 0.15) is 11.9 Å². The second kappa shape index (κ2) is 9.37. The van der Waals surface area contributed by atoms with E-state index < -0.39 is 0 Å². The Hall–Kier alpha value is -1.95. The molecule has 1 N–H and O–H groups in total. The first kappa shape index (κ1) is 18.4. The Morgan fingerprint density at radius 3 is 2.71 bits per heavy atom. The topological polar surface area (TPSA) is 58.6 Å². The molecule has 1 aromatic carbocycles. The third kappa shape index (κ3) is 5.92. The molecule has 1 atom stereocenters. The van der Waals surface area contributed by atoms with Gasteiger partial charge in [-0.25, -0.2) is 4.39 Å². The van der Waals surface area contributed by atoms with E-state index in [9.17, 15) is 14.0 Å². The van der Waals surface area contributed by atoms with E-state index in [2.05, 4.69) is 5.32 Å². The van der Waals surface area contributed by atoms with Crippen LogP contribution in [0.3, 0.4) is 0 Å². The van der Waals surface area contributed by atoms with Crippen LogP contribution in [-0.4, -0.2) is 43.0 Å². The predicted molar refractivity (Wildman–Crippen MR) is 88.8 cm³/mol. The molecule has 1 saturated heterocycles. The minimum atomic E-state index is -0.276. The molecule has 0 radical (unpaired) electrons. The van der Waals surface area contributed by atoms with Gasteiger partial charge in [0, 0.05) is 26.4 Å². The van der Waals surface area contributed by atoms with Crippen LogP contribution in [0.2, 0.25) is 0 Å². The molecule has 0 aromatic heterocycles. The number of nitrogens with zero attached hydrogens (tertiary/aromatic N) is 1. The lowest BCUT2D eigenvalue weighted by atomic mass is 10.1. The molecule has 1 fully saturated rings. The van der Waals surface area contributed by atoms with Crippen molar-refractivity contribution in [1.82, 2.24) is 10.2 Å². The van der Waals surface area contributed by atoms with E-state index in [-0.39, 0.29) is 23.7 Å². The summed E-state index contributed by atoms with van der Waals surface area (Å²) in [6.07, 6.45) is 2.93. The zero-order chi connectivity index (χ0) is 17.4. The first-order chi connectivity index (χ1) is 11.6. The minimum Gasteiger partial charge on any atom is -0.370 e. The molecular weight excluding hydrogens is 311 g/mol. The number of carbonyl (C=O) groups excluding carboxylic acids is 2. The number of rotatable bonds is 7. The number of benzene rings is 1. The highest BCUT2D eigenvalue weighted by Crippen LogP contribution is 2.23. The highest BCUT2D eigenvalue weighted by molar-refractivity contribution is 5.76. The molecule has 0 bridgehead atoms. The molecule has 1 aromatic rings. The van der Waals surface area contributed by atoms with Crippen molar-refractivity contribution in [1.29, 1.82) is 0 Å². The van der Waals surface area contributed by atoms with Crippen LogP contribution < -0.4 is 5.32 Å². The molecule has 1 aliphatic heterocycles. The van der Waals surface area contributed by atoms with Gasteiger partial charge in [-0.2, -0.15) is 0 Å². The summed E-state index contributed by atoms with van der Waals surface area (Å²) in [5.74, 6) is -0.169. The lowest BCUT2D eigenvalue weighted by molar-refractivity contribution is -0.139. The monoisotopic (exact) mass is 336 g/mol. The first-order valence-electron chi connectivity index (χ1n) is 8.45. The third-order valence-electron chi connectivity index (χ3n) is 4.10. The normalized spacial score (nSPS) is 17.6. The number of amides is 2. The minimum absolute atomic E-state index is 0.0220. The smallest absolute Gasteiger partial charge is 0.222 e. The van der Waals surface area contributed by atoms with Gasteiger partial charge in [-0.1, -0.05) is 18.6 Å². The molecule has 0 spiro atoms. The fourth-order valence-corrected chi connectivity index (χ4v) is 2.76. The summed E-state index contributed by atoms with van der Waals surface area (Å²) in [5, 5.41) is 2.75. The highest BCUT2D eigenvalue weighted by atomic mass is 19.1. The van der Waals surface area contributed by atoms with Crippen molar-refractivity contribution in [2.24, 2.45) is 0 Å². The van der Waals surface area contributed by atoms with Crippen LogP contribution in [0.1, 0.15) is 44.3 Å². The largest absolute Gasteiger partial charge is 0.370 e. The average molecular weight is 336 g/mol. The summed E-state index contributed by atoms with van der Waals surface area (Å²) in [7, 11) is 0. The summed E-state index contributed by atoms with van der Waals surface area (Å²) >= 11 is 0. The van der Waals surface area contributed by atoms with Gasteiger partial charge in [0.15, 0.2) is 0 Å². The second-order valence-corrected chi connectivity index (χ2v) is 6.04. The molecule has 0 saturated carbocycles. The Kier molecular flexibility index (Phi) is 7.18. The van der Waals surface area contributed by atoms with Crippen molar-refractivity contribution >= 4 is 11.8 Å². The summed E-state index contributed by atoms with van der Waals surface area (Å²) in [6.45, 7) is 3.77. The number of halogens is 1. The SMILES string of the molecule is CC(=O)NCCCCCC(=O)N1CCO[C@H](c2ccc(F)cc2)C1. The van der Waals surface area contributed by atoms with Gasteiger partial charge in [0.25, 0.3) is 0 Å². The molecule has 6 heteroatoms. The van der Waals surface area contributed by atoms with Crippen molar-refractivity contribution < 1.29 is 18.7 Å². The van der Waals surface area contributed by atoms with Gasteiger partial charge in [-0.3, -0.25) is 9.59 Å².